The molecule has 1 atom stereocenters. The summed E-state index contributed by atoms with van der Waals surface area (Å²) < 4.78 is 29.8. The third-order valence-electron chi connectivity index (χ3n) is 4.97. The summed E-state index contributed by atoms with van der Waals surface area (Å²) >= 11 is 0. The van der Waals surface area contributed by atoms with Crippen molar-refractivity contribution in [3.8, 4) is 23.0 Å². The predicted molar refractivity (Wildman–Crippen MR) is 102 cm³/mol. The summed E-state index contributed by atoms with van der Waals surface area (Å²) in [5, 5.41) is 3.98. The fraction of sp³-hybridized carbons (Fsp3) is 0.286. The second-order valence-corrected chi connectivity index (χ2v) is 6.79. The van der Waals surface area contributed by atoms with E-state index in [-0.39, 0.29) is 29.7 Å². The van der Waals surface area contributed by atoms with Gasteiger partial charge < -0.3 is 18.9 Å². The fourth-order valence-electron chi connectivity index (χ4n) is 3.45. The summed E-state index contributed by atoms with van der Waals surface area (Å²) in [6, 6.07) is 11.7. The fourth-order valence-corrected chi connectivity index (χ4v) is 3.45. The van der Waals surface area contributed by atoms with Crippen LogP contribution in [-0.4, -0.2) is 41.7 Å². The van der Waals surface area contributed by atoms with Crippen LogP contribution in [0.5, 0.6) is 11.5 Å². The lowest BCUT2D eigenvalue weighted by Crippen LogP contribution is -2.24. The van der Waals surface area contributed by atoms with Gasteiger partial charge in [0.05, 0.1) is 19.8 Å². The first-order chi connectivity index (χ1) is 14.1. The lowest BCUT2D eigenvalue weighted by molar-refractivity contribution is -0.128. The van der Waals surface area contributed by atoms with Crippen LogP contribution in [0.15, 0.2) is 47.0 Å². The maximum atomic E-state index is 13.9. The third kappa shape index (κ3) is 3.78. The van der Waals surface area contributed by atoms with Gasteiger partial charge in [-0.3, -0.25) is 4.79 Å². The largest absolute Gasteiger partial charge is 0.497 e. The molecule has 0 spiro atoms. The number of benzene rings is 2. The molecule has 1 amide bonds. The van der Waals surface area contributed by atoms with Gasteiger partial charge in [-0.05, 0) is 30.3 Å². The molecule has 0 radical (unpaired) electrons. The van der Waals surface area contributed by atoms with Crippen LogP contribution in [0.1, 0.15) is 23.7 Å². The van der Waals surface area contributed by atoms with Crippen molar-refractivity contribution in [1.29, 1.82) is 0 Å². The number of amides is 1. The second-order valence-electron chi connectivity index (χ2n) is 6.79. The number of hydrogen-bond donors (Lipinski definition) is 0. The highest BCUT2D eigenvalue weighted by atomic mass is 19.1. The van der Waals surface area contributed by atoms with Crippen LogP contribution >= 0.6 is 0 Å². The zero-order chi connectivity index (χ0) is 20.4. The first-order valence-corrected chi connectivity index (χ1v) is 9.16. The van der Waals surface area contributed by atoms with Crippen molar-refractivity contribution in [3.63, 3.8) is 0 Å². The van der Waals surface area contributed by atoms with Gasteiger partial charge in [-0.1, -0.05) is 17.3 Å². The van der Waals surface area contributed by atoms with Crippen molar-refractivity contribution in [1.82, 2.24) is 15.0 Å². The molecule has 1 unspecified atom stereocenters. The number of rotatable bonds is 6. The Morgan fingerprint density at radius 1 is 1.21 bits per heavy atom. The van der Waals surface area contributed by atoms with E-state index in [1.54, 1.807) is 43.4 Å². The van der Waals surface area contributed by atoms with Crippen LogP contribution in [0.2, 0.25) is 0 Å². The molecule has 3 aromatic rings. The van der Waals surface area contributed by atoms with Crippen LogP contribution in [0.3, 0.4) is 0 Å². The Balaban J connectivity index is 1.51. The van der Waals surface area contributed by atoms with Gasteiger partial charge in [0.25, 0.3) is 5.89 Å². The Morgan fingerprint density at radius 3 is 2.79 bits per heavy atom. The monoisotopic (exact) mass is 397 g/mol. The predicted octanol–water partition coefficient (Wildman–Crippen LogP) is 3.41. The summed E-state index contributed by atoms with van der Waals surface area (Å²) in [5.74, 6) is 1.22. The molecule has 2 aromatic carbocycles. The van der Waals surface area contributed by atoms with E-state index in [4.69, 9.17) is 14.0 Å². The molecule has 2 heterocycles. The molecule has 0 aliphatic carbocycles. The lowest BCUT2D eigenvalue weighted by Gasteiger charge is -2.18. The first-order valence-electron chi connectivity index (χ1n) is 9.16. The number of methoxy groups -OCH3 is 2. The Bertz CT molecular complexity index is 1040. The van der Waals surface area contributed by atoms with E-state index in [9.17, 15) is 9.18 Å². The number of nitrogens with zero attached hydrogens (tertiary/aromatic N) is 3. The summed E-state index contributed by atoms with van der Waals surface area (Å²) in [6.45, 7) is 0.823. The number of carbonyl (C=O) groups is 1. The molecule has 1 fully saturated rings. The highest BCUT2D eigenvalue weighted by molar-refractivity contribution is 5.79. The Kier molecular flexibility index (Phi) is 5.16. The van der Waals surface area contributed by atoms with Crippen LogP contribution in [0.25, 0.3) is 11.5 Å². The molecule has 1 aliphatic heterocycles. The molecule has 7 nitrogen and oxygen atoms in total. The first kappa shape index (κ1) is 18.9. The van der Waals surface area contributed by atoms with Gasteiger partial charge in [-0.2, -0.15) is 4.98 Å². The van der Waals surface area contributed by atoms with E-state index in [1.807, 2.05) is 12.1 Å². The number of likely N-dealkylation sites (tertiary alicyclic amines) is 1. The van der Waals surface area contributed by atoms with Gasteiger partial charge in [0, 0.05) is 31.0 Å². The van der Waals surface area contributed by atoms with Crippen molar-refractivity contribution < 1.29 is 23.2 Å². The SMILES string of the molecule is COc1ccc(OC)c(CN2CC(c3noc(-c4ccccc4F)n3)CC2=O)c1. The molecule has 0 N–H and O–H groups in total. The minimum absolute atomic E-state index is 0.0166. The van der Waals surface area contributed by atoms with E-state index < -0.39 is 5.82 Å². The van der Waals surface area contributed by atoms with Crippen LogP contribution in [0.4, 0.5) is 4.39 Å². The number of hydrogen-bond acceptors (Lipinski definition) is 6. The van der Waals surface area contributed by atoms with E-state index in [2.05, 4.69) is 10.1 Å². The molecule has 150 valence electrons. The molecule has 1 saturated heterocycles. The minimum Gasteiger partial charge on any atom is -0.497 e. The maximum absolute atomic E-state index is 13.9. The standard InChI is InChI=1S/C21H20FN3O4/c1-27-15-7-8-18(28-2)13(9-15)11-25-12-14(10-19(25)26)20-23-21(29-24-20)16-5-3-4-6-17(16)22/h3-9,14H,10-12H2,1-2H3. The smallest absolute Gasteiger partial charge is 0.260 e. The topological polar surface area (TPSA) is 77.7 Å². The number of halogens is 1. The highest BCUT2D eigenvalue weighted by Crippen LogP contribution is 2.32. The number of ether oxygens (including phenoxy) is 2. The number of aromatic nitrogens is 2. The van der Waals surface area contributed by atoms with Crippen molar-refractivity contribution in [2.45, 2.75) is 18.9 Å². The minimum atomic E-state index is -0.433. The second kappa shape index (κ2) is 7.90. The van der Waals surface area contributed by atoms with E-state index in [0.29, 0.717) is 30.4 Å². The van der Waals surface area contributed by atoms with Crippen molar-refractivity contribution in [2.75, 3.05) is 20.8 Å². The van der Waals surface area contributed by atoms with Crippen LogP contribution in [0, 0.1) is 5.82 Å². The molecule has 29 heavy (non-hydrogen) atoms. The van der Waals surface area contributed by atoms with Crippen LogP contribution < -0.4 is 9.47 Å². The van der Waals surface area contributed by atoms with E-state index in [0.717, 1.165) is 5.56 Å². The van der Waals surface area contributed by atoms with Gasteiger partial charge in [-0.25, -0.2) is 4.39 Å². The molecule has 0 saturated carbocycles. The van der Waals surface area contributed by atoms with Crippen molar-refractivity contribution >= 4 is 5.91 Å². The summed E-state index contributed by atoms with van der Waals surface area (Å²) in [4.78, 5) is 18.6. The van der Waals surface area contributed by atoms with Crippen molar-refractivity contribution in [3.05, 3.63) is 59.7 Å². The summed E-state index contributed by atoms with van der Waals surface area (Å²) in [5.41, 5.74) is 1.09. The molecule has 1 aliphatic rings. The van der Waals surface area contributed by atoms with Gasteiger partial charge in [0.15, 0.2) is 5.82 Å². The Hall–Kier alpha value is -3.42. The Morgan fingerprint density at radius 2 is 2.03 bits per heavy atom. The zero-order valence-electron chi connectivity index (χ0n) is 16.1. The molecule has 0 bridgehead atoms. The number of carbonyl (C=O) groups excluding carboxylic acids is 1. The van der Waals surface area contributed by atoms with E-state index >= 15 is 0 Å². The molecule has 8 heteroatoms. The average molecular weight is 397 g/mol. The zero-order valence-corrected chi connectivity index (χ0v) is 16.1. The van der Waals surface area contributed by atoms with Gasteiger partial charge >= 0.3 is 0 Å². The average Bonchev–Trinajstić information content (AvgIpc) is 3.35. The summed E-state index contributed by atoms with van der Waals surface area (Å²) in [6.07, 6.45) is 0.266. The summed E-state index contributed by atoms with van der Waals surface area (Å²) in [7, 11) is 3.18. The van der Waals surface area contributed by atoms with Gasteiger partial charge in [0.1, 0.15) is 17.3 Å². The molecule has 4 rings (SSSR count). The quantitative estimate of drug-likeness (QED) is 0.634. The normalized spacial score (nSPS) is 16.3. The molecular weight excluding hydrogens is 377 g/mol. The maximum Gasteiger partial charge on any atom is 0.260 e. The molecular formula is C21H20FN3O4. The Labute approximate surface area is 167 Å². The van der Waals surface area contributed by atoms with Crippen LogP contribution in [-0.2, 0) is 11.3 Å². The van der Waals surface area contributed by atoms with Gasteiger partial charge in [-0.15, -0.1) is 0 Å². The van der Waals surface area contributed by atoms with E-state index in [1.165, 1.54) is 6.07 Å². The van der Waals surface area contributed by atoms with Crippen molar-refractivity contribution in [2.24, 2.45) is 0 Å². The van der Waals surface area contributed by atoms with Gasteiger partial charge in [0.2, 0.25) is 5.91 Å². The third-order valence-corrected chi connectivity index (χ3v) is 4.97. The molecule has 1 aromatic heterocycles. The highest BCUT2D eigenvalue weighted by Gasteiger charge is 2.34. The lowest BCUT2D eigenvalue weighted by atomic mass is 10.1.